The summed E-state index contributed by atoms with van der Waals surface area (Å²) in [7, 11) is 0. The number of aliphatic hydroxyl groups is 1. The number of halogens is 4. The SMILES string of the molecule is CCCC(CCC)n1c2cc(CC)ncc2c2ncc(-c3c(C)noc3C)cc21.CCOC(=O)c1cc2c(cn1)c1ncc(-c3c(C)noc3C)cc1n2C(c1ccccc1)C1CCC(F)(F)CC1.Cc1noc(C)c1-c1cnc2c3ccncc3n(C(c3ccccc3)C3CCOCC3)c2c1.Cc1noc(C)c1-c1cnc2c3cnc(C(C)(C)O)cc3n(C(c3ccccc3)C3CCC(F)(F)CC3)c2c1.O=C=O. The van der Waals surface area contributed by atoms with Crippen molar-refractivity contribution in [2.24, 2.45) is 17.8 Å². The van der Waals surface area contributed by atoms with E-state index in [1.807, 2.05) is 153 Å². The Kier molecular flexibility index (Phi) is 29.1. The molecule has 3 unspecified atom stereocenters. The summed E-state index contributed by atoms with van der Waals surface area (Å²) in [6.45, 7) is 29.1. The normalized spacial score (nSPS) is 15.3. The summed E-state index contributed by atoms with van der Waals surface area (Å²) in [6, 6.07) is 47.6. The number of fused-ring (bicyclic) bond motifs is 12. The van der Waals surface area contributed by atoms with E-state index in [0.29, 0.717) is 54.9 Å². The Labute approximate surface area is 830 Å². The summed E-state index contributed by atoms with van der Waals surface area (Å²) >= 11 is 0. The van der Waals surface area contributed by atoms with Gasteiger partial charge in [0.1, 0.15) is 34.3 Å². The van der Waals surface area contributed by atoms with E-state index >= 15 is 0 Å². The van der Waals surface area contributed by atoms with Crippen molar-refractivity contribution in [3.8, 4) is 44.5 Å². The van der Waals surface area contributed by atoms with Gasteiger partial charge < -0.3 is 50.9 Å². The number of alkyl halides is 4. The van der Waals surface area contributed by atoms with Gasteiger partial charge in [-0.25, -0.2) is 27.3 Å². The maximum absolute atomic E-state index is 14.3. The first kappa shape index (κ1) is 99.5. The largest absolute Gasteiger partial charge is 0.461 e. The molecule has 1 N–H and O–H groups in total. The van der Waals surface area contributed by atoms with Crippen LogP contribution in [0.15, 0.2) is 213 Å². The lowest BCUT2D eigenvalue weighted by molar-refractivity contribution is -0.191. The number of benzene rings is 3. The van der Waals surface area contributed by atoms with Gasteiger partial charge >= 0.3 is 12.1 Å². The first-order valence-corrected chi connectivity index (χ1v) is 49.7. The standard InChI is InChI=1S/C31H30F2N4O3.C31H32F2N4O2.C27H26N4O2.C24H30N4O.CO2/c1-4-39-30(38)24-15-25-23(17-34-24)28-26(14-22(16-35-28)27-18(2)36-40-19(27)3)37(25)29(20-8-6-5-7-9-20)21-10-12-31(32,33)13-11-21;1-18-27(19(2)39-36-18)22-14-25-28(35-16-22)23-17-34-26(30(3,4)38)15-24(23)37(25)29(20-8-6-5-7-9-20)21-10-12-31(32,33)13-11-21;1-17-25(18(2)33-30-17)21-14-23-26(29-15-21)22-8-11-28-16-24(22)31(23)27(19-6-4-3-5-7-19)20-9-12-32-13-10-20;1-6-9-19(10-7-2)28-21-12-18(8-3)25-14-20(21)24-22(28)11-17(13-26-24)23-15(4)27-29-16(23)5;2-1-3/h5-9,14-17,21,29H,4,10-13H2,1-3H3;5-9,14-17,21,29,38H,10-13H2,1-4H3;3-8,11,14-16,20,27H,9-10,12-13H2,1-2H3;11-14,19H,6-10H2,1-5H3;. The summed E-state index contributed by atoms with van der Waals surface area (Å²) in [6.07, 6.45) is 25.6. The van der Waals surface area contributed by atoms with Crippen LogP contribution in [0.5, 0.6) is 0 Å². The van der Waals surface area contributed by atoms with Crippen LogP contribution in [-0.2, 0) is 31.1 Å². The highest BCUT2D eigenvalue weighted by molar-refractivity contribution is 6.10. The van der Waals surface area contributed by atoms with Crippen molar-refractivity contribution in [2.45, 2.75) is 235 Å². The lowest BCUT2D eigenvalue weighted by Crippen LogP contribution is -2.30. The van der Waals surface area contributed by atoms with E-state index in [1.165, 1.54) is 16.6 Å². The lowest BCUT2D eigenvalue weighted by Gasteiger charge is -2.36. The maximum atomic E-state index is 14.3. The van der Waals surface area contributed by atoms with Crippen LogP contribution in [0.3, 0.4) is 0 Å². The molecule has 742 valence electrons. The molecule has 22 rings (SSSR count). The molecular weight excluding hydrogens is 1830 g/mol. The van der Waals surface area contributed by atoms with Gasteiger partial charge in [-0.3, -0.25) is 34.9 Å². The zero-order valence-electron chi connectivity index (χ0n) is 83.5. The summed E-state index contributed by atoms with van der Waals surface area (Å²) in [5.41, 5.74) is 26.5. The minimum atomic E-state index is -2.66. The highest BCUT2D eigenvalue weighted by Gasteiger charge is 2.43. The second kappa shape index (κ2) is 42.1. The fourth-order valence-electron chi connectivity index (χ4n) is 22.2. The zero-order chi connectivity index (χ0) is 101. The molecule has 16 aromatic heterocycles. The third kappa shape index (κ3) is 19.8. The predicted molar refractivity (Wildman–Crippen MR) is 546 cm³/mol. The molecule has 17 heterocycles. The Morgan fingerprint density at radius 3 is 1.15 bits per heavy atom. The van der Waals surface area contributed by atoms with Crippen LogP contribution in [-0.4, -0.2) is 128 Å². The second-order valence-electron chi connectivity index (χ2n) is 38.8. The molecule has 0 radical (unpaired) electrons. The van der Waals surface area contributed by atoms with E-state index in [-0.39, 0.29) is 74.1 Å². The quantitative estimate of drug-likeness (QED) is 0.0486. The third-order valence-corrected chi connectivity index (χ3v) is 28.8. The van der Waals surface area contributed by atoms with E-state index in [0.717, 1.165) is 230 Å². The Hall–Kier alpha value is -14.6. The van der Waals surface area contributed by atoms with Gasteiger partial charge in [0.25, 0.3) is 0 Å². The van der Waals surface area contributed by atoms with Crippen LogP contribution < -0.4 is 0 Å². The van der Waals surface area contributed by atoms with Crippen molar-refractivity contribution in [3.05, 3.63) is 275 Å². The molecule has 2 aliphatic carbocycles. The first-order chi connectivity index (χ1) is 69.5. The smallest absolute Gasteiger partial charge is 0.373 e. The van der Waals surface area contributed by atoms with Crippen molar-refractivity contribution in [1.29, 1.82) is 0 Å². The van der Waals surface area contributed by atoms with Gasteiger partial charge in [-0.15, -0.1) is 0 Å². The van der Waals surface area contributed by atoms with Gasteiger partial charge in [0, 0.05) is 166 Å². The van der Waals surface area contributed by atoms with Crippen LogP contribution in [0.1, 0.15) is 240 Å². The molecule has 0 amide bonds. The fourth-order valence-corrected chi connectivity index (χ4v) is 22.2. The minimum absolute atomic E-state index is 0.00713. The van der Waals surface area contributed by atoms with Crippen molar-refractivity contribution in [1.82, 2.24) is 78.8 Å². The van der Waals surface area contributed by atoms with Gasteiger partial charge in [-0.05, 0) is 217 Å². The number of pyridine rings is 8. The average Bonchev–Trinajstić information content (AvgIpc) is 1.62. The molecule has 3 aliphatic rings. The summed E-state index contributed by atoms with van der Waals surface area (Å²) in [5.74, 6) is -2.37. The predicted octanol–water partition coefficient (Wildman–Crippen LogP) is 26.8. The Bertz CT molecular complexity index is 7790. The number of hydrogen-bond donors (Lipinski definition) is 1. The van der Waals surface area contributed by atoms with Gasteiger partial charge in [0.05, 0.1) is 126 Å². The number of nitrogens with zero attached hydrogens (tertiary/aromatic N) is 16. The van der Waals surface area contributed by atoms with Crippen molar-refractivity contribution < 1.29 is 64.6 Å². The van der Waals surface area contributed by atoms with Gasteiger partial charge in [-0.2, -0.15) is 9.59 Å². The molecule has 144 heavy (non-hydrogen) atoms. The molecule has 1 saturated heterocycles. The molecule has 26 nitrogen and oxygen atoms in total. The number of carbonyl (C=O) groups excluding carboxylic acids is 3. The number of rotatable bonds is 22. The Morgan fingerprint density at radius 1 is 0.431 bits per heavy atom. The molecule has 3 atom stereocenters. The van der Waals surface area contributed by atoms with Crippen LogP contribution in [0.2, 0.25) is 0 Å². The van der Waals surface area contributed by atoms with E-state index in [2.05, 4.69) is 152 Å². The molecule has 0 bridgehead atoms. The van der Waals surface area contributed by atoms with Crippen molar-refractivity contribution in [2.75, 3.05) is 19.8 Å². The van der Waals surface area contributed by atoms with Crippen LogP contribution in [0.4, 0.5) is 17.6 Å². The molecule has 0 spiro atoms. The summed E-state index contributed by atoms with van der Waals surface area (Å²) < 4.78 is 99.3. The Balaban J connectivity index is 0.000000126. The fraction of sp³-hybridized carbons (Fsp3) is 0.368. The number of carbonyl (C=O) groups is 1. The highest BCUT2D eigenvalue weighted by Crippen LogP contribution is 2.51. The molecule has 19 aromatic rings. The molecule has 2 saturated carbocycles. The Morgan fingerprint density at radius 2 is 0.785 bits per heavy atom. The number of ether oxygens (including phenoxy) is 2. The molecule has 30 heteroatoms. The van der Waals surface area contributed by atoms with E-state index in [9.17, 15) is 27.5 Å². The van der Waals surface area contributed by atoms with Crippen LogP contribution >= 0.6 is 0 Å². The molecule has 3 fully saturated rings. The van der Waals surface area contributed by atoms with Gasteiger partial charge in [-0.1, -0.05) is 145 Å². The highest BCUT2D eigenvalue weighted by atomic mass is 19.3. The monoisotopic (exact) mass is 1950 g/mol. The van der Waals surface area contributed by atoms with Crippen LogP contribution in [0, 0.1) is 73.1 Å². The third-order valence-electron chi connectivity index (χ3n) is 28.8. The molecular formula is C114H118F4N16O10. The molecule has 3 aromatic carbocycles. The van der Waals surface area contributed by atoms with Crippen molar-refractivity contribution in [3.63, 3.8) is 0 Å². The van der Waals surface area contributed by atoms with E-state index < -0.39 is 23.4 Å². The lowest BCUT2D eigenvalue weighted by atomic mass is 9.79. The van der Waals surface area contributed by atoms with Gasteiger partial charge in [0.15, 0.2) is 0 Å². The topological polar surface area (TPSA) is 317 Å². The van der Waals surface area contributed by atoms with Crippen LogP contribution in [0.25, 0.3) is 132 Å². The number of hydrogen-bond acceptors (Lipinski definition) is 22. The second-order valence-corrected chi connectivity index (χ2v) is 38.8. The van der Waals surface area contributed by atoms with Crippen molar-refractivity contribution >= 4 is 99.9 Å². The van der Waals surface area contributed by atoms with E-state index in [1.54, 1.807) is 45.4 Å². The van der Waals surface area contributed by atoms with E-state index in [4.69, 9.17) is 57.1 Å². The molecule has 1 aliphatic heterocycles. The first-order valence-electron chi connectivity index (χ1n) is 49.7. The number of aromatic nitrogens is 16. The summed E-state index contributed by atoms with van der Waals surface area (Å²) in [4.78, 5) is 66.7. The summed E-state index contributed by atoms with van der Waals surface area (Å²) in [5, 5.41) is 31.2. The minimum Gasteiger partial charge on any atom is -0.461 e. The average molecular weight is 1950 g/mol. The zero-order valence-corrected chi connectivity index (χ0v) is 83.5. The maximum Gasteiger partial charge on any atom is 0.373 e. The number of aryl methyl sites for hydroxylation is 9. The number of esters is 1. The van der Waals surface area contributed by atoms with Gasteiger partial charge in [0.2, 0.25) is 11.8 Å².